The molecule has 10 nitrogen and oxygen atoms in total. The van der Waals surface area contributed by atoms with Crippen LogP contribution in [0.15, 0.2) is 30.3 Å². The number of nitrogens with two attached hydrogens (primary N) is 1. The molecule has 0 aliphatic rings. The molecule has 160 valence electrons. The maximum atomic E-state index is 12.8. The minimum absolute atomic E-state index is 0.142. The molecule has 1 aromatic carbocycles. The van der Waals surface area contributed by atoms with Crippen LogP contribution in [0.25, 0.3) is 0 Å². The molecule has 0 aliphatic heterocycles. The lowest BCUT2D eigenvalue weighted by molar-refractivity contribution is -0.124. The fourth-order valence-electron chi connectivity index (χ4n) is 2.62. The highest BCUT2D eigenvalue weighted by molar-refractivity contribution is 5.97. The summed E-state index contributed by atoms with van der Waals surface area (Å²) in [6.45, 7) is 2.37. The molecule has 0 spiro atoms. The maximum absolute atomic E-state index is 12.8. The average molecular weight is 406 g/mol. The quantitative estimate of drug-likeness (QED) is 0.179. The van der Waals surface area contributed by atoms with Gasteiger partial charge in [-0.2, -0.15) is 0 Å². The number of nitrogens with one attached hydrogen (secondary N) is 4. The van der Waals surface area contributed by atoms with E-state index >= 15 is 0 Å². The van der Waals surface area contributed by atoms with Crippen LogP contribution in [0.1, 0.15) is 36.5 Å². The number of benzene rings is 1. The van der Waals surface area contributed by atoms with Crippen molar-refractivity contribution < 1.29 is 19.5 Å². The molecule has 2 atom stereocenters. The van der Waals surface area contributed by atoms with Crippen molar-refractivity contribution in [1.29, 1.82) is 5.41 Å². The number of hydrogen-bond acceptors (Lipinski definition) is 4. The Morgan fingerprint density at radius 3 is 2.41 bits per heavy atom. The van der Waals surface area contributed by atoms with E-state index in [-0.39, 0.29) is 30.4 Å². The van der Waals surface area contributed by atoms with E-state index in [1.54, 1.807) is 30.3 Å². The molecule has 7 N–H and O–H groups in total. The topological polar surface area (TPSA) is 161 Å². The van der Waals surface area contributed by atoms with Crippen LogP contribution in [-0.4, -0.2) is 66.1 Å². The monoisotopic (exact) mass is 406 g/mol. The predicted octanol–water partition coefficient (Wildman–Crippen LogP) is 0.553. The molecule has 0 aromatic heterocycles. The molecule has 0 radical (unpaired) electrons. The predicted molar refractivity (Wildman–Crippen MR) is 110 cm³/mol. The molecule has 0 aliphatic carbocycles. The number of hydrogen-bond donors (Lipinski definition) is 6. The lowest BCUT2D eigenvalue weighted by Gasteiger charge is -2.25. The van der Waals surface area contributed by atoms with Gasteiger partial charge in [0.1, 0.15) is 6.04 Å². The van der Waals surface area contributed by atoms with E-state index in [2.05, 4.69) is 16.0 Å². The summed E-state index contributed by atoms with van der Waals surface area (Å²) in [6, 6.07) is 7.37. The van der Waals surface area contributed by atoms with E-state index in [9.17, 15) is 14.4 Å². The summed E-state index contributed by atoms with van der Waals surface area (Å²) in [4.78, 5) is 37.4. The standard InChI is InChI=1S/C19H30N6O4/c1-3-14(12-25(2)19(28)29)23-17(27)15(10-7-11-22-18(20)21)24-16(26)13-8-5-4-6-9-13/h4-6,8-9,14-15H,3,7,10-12H2,1-2H3,(H,23,27)(H,24,26)(H,28,29)(H4,20,21,22). The molecule has 29 heavy (non-hydrogen) atoms. The summed E-state index contributed by atoms with van der Waals surface area (Å²) in [5.74, 6) is -0.925. The molecule has 0 saturated heterocycles. The summed E-state index contributed by atoms with van der Waals surface area (Å²) in [6.07, 6.45) is 0.283. The van der Waals surface area contributed by atoms with Crippen molar-refractivity contribution in [1.82, 2.24) is 20.9 Å². The molecule has 0 heterocycles. The molecule has 3 amide bonds. The largest absolute Gasteiger partial charge is 0.465 e. The minimum atomic E-state index is -1.08. The second kappa shape index (κ2) is 12.2. The van der Waals surface area contributed by atoms with Gasteiger partial charge in [-0.25, -0.2) is 4.79 Å². The van der Waals surface area contributed by atoms with E-state index in [4.69, 9.17) is 16.2 Å². The Kier molecular flexibility index (Phi) is 10.00. The highest BCUT2D eigenvalue weighted by Gasteiger charge is 2.24. The Morgan fingerprint density at radius 1 is 1.21 bits per heavy atom. The molecule has 1 rings (SSSR count). The first-order valence-corrected chi connectivity index (χ1v) is 9.42. The van der Waals surface area contributed by atoms with E-state index in [0.717, 1.165) is 4.90 Å². The van der Waals surface area contributed by atoms with Crippen molar-refractivity contribution in [2.24, 2.45) is 5.73 Å². The number of carbonyl (C=O) groups excluding carboxylic acids is 2. The van der Waals surface area contributed by atoms with E-state index < -0.39 is 12.1 Å². The van der Waals surface area contributed by atoms with Gasteiger partial charge in [-0.1, -0.05) is 25.1 Å². The number of carboxylic acid groups (broad SMARTS) is 1. The molecular weight excluding hydrogens is 376 g/mol. The second-order valence-corrected chi connectivity index (χ2v) is 6.65. The van der Waals surface area contributed by atoms with Crippen molar-refractivity contribution in [2.75, 3.05) is 20.1 Å². The molecule has 0 saturated carbocycles. The van der Waals surface area contributed by atoms with Crippen LogP contribution in [-0.2, 0) is 4.79 Å². The summed E-state index contributed by atoms with van der Waals surface area (Å²) in [5, 5.41) is 24.4. The van der Waals surface area contributed by atoms with Gasteiger partial charge < -0.3 is 31.7 Å². The Hall–Kier alpha value is -3.30. The zero-order valence-corrected chi connectivity index (χ0v) is 16.8. The number of likely N-dealkylation sites (N-methyl/N-ethyl adjacent to an activating group) is 1. The normalized spacial score (nSPS) is 12.3. The van der Waals surface area contributed by atoms with Crippen LogP contribution in [0.5, 0.6) is 0 Å². The van der Waals surface area contributed by atoms with Crippen LogP contribution < -0.4 is 21.7 Å². The molecule has 1 aromatic rings. The van der Waals surface area contributed by atoms with Crippen LogP contribution in [0, 0.1) is 5.41 Å². The Labute approximate surface area is 170 Å². The van der Waals surface area contributed by atoms with Crippen molar-refractivity contribution in [3.63, 3.8) is 0 Å². The zero-order valence-electron chi connectivity index (χ0n) is 16.8. The number of nitrogens with zero attached hydrogens (tertiary/aromatic N) is 1. The van der Waals surface area contributed by atoms with Crippen LogP contribution in [0.4, 0.5) is 4.79 Å². The van der Waals surface area contributed by atoms with Gasteiger partial charge in [0.05, 0.1) is 0 Å². The first-order valence-electron chi connectivity index (χ1n) is 9.42. The van der Waals surface area contributed by atoms with Gasteiger partial charge in [0.15, 0.2) is 5.96 Å². The number of rotatable bonds is 11. The van der Waals surface area contributed by atoms with Crippen molar-refractivity contribution in [3.05, 3.63) is 35.9 Å². The fraction of sp³-hybridized carbons (Fsp3) is 0.474. The average Bonchev–Trinajstić information content (AvgIpc) is 2.69. The molecule has 2 unspecified atom stereocenters. The van der Waals surface area contributed by atoms with Gasteiger partial charge in [-0.05, 0) is 31.4 Å². The first kappa shape index (κ1) is 23.7. The van der Waals surface area contributed by atoms with Crippen molar-refractivity contribution in [3.8, 4) is 0 Å². The Bertz CT molecular complexity index is 697. The van der Waals surface area contributed by atoms with Crippen molar-refractivity contribution >= 4 is 23.9 Å². The third-order valence-electron chi connectivity index (χ3n) is 4.30. The summed E-state index contributed by atoms with van der Waals surface area (Å²) >= 11 is 0. The van der Waals surface area contributed by atoms with E-state index in [1.165, 1.54) is 7.05 Å². The van der Waals surface area contributed by atoms with Gasteiger partial charge in [-0.15, -0.1) is 0 Å². The minimum Gasteiger partial charge on any atom is -0.465 e. The first-order chi connectivity index (χ1) is 13.7. The Morgan fingerprint density at radius 2 is 1.86 bits per heavy atom. The molecular formula is C19H30N6O4. The third-order valence-corrected chi connectivity index (χ3v) is 4.30. The van der Waals surface area contributed by atoms with Crippen LogP contribution in [0.2, 0.25) is 0 Å². The van der Waals surface area contributed by atoms with Gasteiger partial charge in [0.2, 0.25) is 5.91 Å². The lowest BCUT2D eigenvalue weighted by Crippen LogP contribution is -2.52. The fourth-order valence-corrected chi connectivity index (χ4v) is 2.62. The molecule has 0 fully saturated rings. The van der Waals surface area contributed by atoms with Crippen LogP contribution >= 0.6 is 0 Å². The van der Waals surface area contributed by atoms with E-state index in [0.29, 0.717) is 31.4 Å². The Balaban J connectivity index is 2.78. The molecule has 0 bridgehead atoms. The highest BCUT2D eigenvalue weighted by Crippen LogP contribution is 2.04. The third kappa shape index (κ3) is 8.96. The highest BCUT2D eigenvalue weighted by atomic mass is 16.4. The van der Waals surface area contributed by atoms with Gasteiger partial charge in [-0.3, -0.25) is 15.0 Å². The number of carbonyl (C=O) groups is 3. The van der Waals surface area contributed by atoms with Gasteiger partial charge >= 0.3 is 6.09 Å². The maximum Gasteiger partial charge on any atom is 0.407 e. The van der Waals surface area contributed by atoms with Gasteiger partial charge in [0.25, 0.3) is 5.91 Å². The smallest absolute Gasteiger partial charge is 0.407 e. The zero-order chi connectivity index (χ0) is 21.8. The van der Waals surface area contributed by atoms with Crippen LogP contribution in [0.3, 0.4) is 0 Å². The SMILES string of the molecule is CCC(CN(C)C(=O)O)NC(=O)C(CCCNC(=N)N)NC(=O)c1ccccc1. The van der Waals surface area contributed by atoms with Crippen molar-refractivity contribution in [2.45, 2.75) is 38.3 Å². The second-order valence-electron chi connectivity index (χ2n) is 6.65. The molecule has 10 heteroatoms. The lowest BCUT2D eigenvalue weighted by atomic mass is 10.1. The number of amides is 3. The summed E-state index contributed by atoms with van der Waals surface area (Å²) < 4.78 is 0. The number of guanidine groups is 1. The van der Waals surface area contributed by atoms with E-state index in [1.807, 2.05) is 6.92 Å². The summed E-state index contributed by atoms with van der Waals surface area (Å²) in [5.41, 5.74) is 5.69. The summed E-state index contributed by atoms with van der Waals surface area (Å²) in [7, 11) is 1.43. The van der Waals surface area contributed by atoms with Gasteiger partial charge in [0, 0.05) is 31.7 Å².